The summed E-state index contributed by atoms with van der Waals surface area (Å²) in [6.07, 6.45) is 0. The molecule has 2 rings (SSSR count). The number of esters is 1. The van der Waals surface area contributed by atoms with Gasteiger partial charge in [-0.25, -0.2) is 4.79 Å². The van der Waals surface area contributed by atoms with Crippen LogP contribution in [0.1, 0.15) is 30.9 Å². The van der Waals surface area contributed by atoms with Gasteiger partial charge in [-0.15, -0.1) is 0 Å². The number of hydrogen-bond acceptors (Lipinski definition) is 4. The van der Waals surface area contributed by atoms with Gasteiger partial charge in [0, 0.05) is 17.8 Å². The smallest absolute Gasteiger partial charge is 0.344 e. The van der Waals surface area contributed by atoms with Crippen molar-refractivity contribution in [2.24, 2.45) is 0 Å². The van der Waals surface area contributed by atoms with E-state index >= 15 is 0 Å². The minimum Gasteiger partial charge on any atom is -0.482 e. The molecule has 6 heteroatoms. The molecule has 0 saturated carbocycles. The van der Waals surface area contributed by atoms with Crippen LogP contribution in [-0.2, 0) is 14.3 Å². The summed E-state index contributed by atoms with van der Waals surface area (Å²) in [5.74, 6) is -0.140. The molecule has 2 aromatic rings. The Hall–Kier alpha value is -2.53. The van der Waals surface area contributed by atoms with E-state index in [1.54, 1.807) is 25.2 Å². The van der Waals surface area contributed by atoms with E-state index in [9.17, 15) is 9.59 Å². The number of aryl methyl sites for hydroxylation is 1. The molecule has 0 N–H and O–H groups in total. The molecule has 27 heavy (non-hydrogen) atoms. The molecule has 0 aliphatic heterocycles. The van der Waals surface area contributed by atoms with E-state index < -0.39 is 5.97 Å². The quantitative estimate of drug-likeness (QED) is 0.660. The van der Waals surface area contributed by atoms with Gasteiger partial charge in [0.25, 0.3) is 5.91 Å². The van der Waals surface area contributed by atoms with E-state index in [2.05, 4.69) is 0 Å². The molecule has 0 heterocycles. The van der Waals surface area contributed by atoms with Crippen LogP contribution in [0.25, 0.3) is 0 Å². The number of anilines is 1. The Morgan fingerprint density at radius 3 is 2.41 bits per heavy atom. The molecule has 0 saturated heterocycles. The third kappa shape index (κ3) is 5.73. The topological polar surface area (TPSA) is 55.8 Å². The van der Waals surface area contributed by atoms with Gasteiger partial charge >= 0.3 is 5.97 Å². The fourth-order valence-electron chi connectivity index (χ4n) is 2.46. The number of carbonyl (C=O) groups is 2. The van der Waals surface area contributed by atoms with Gasteiger partial charge in [0.05, 0.1) is 0 Å². The summed E-state index contributed by atoms with van der Waals surface area (Å²) in [5, 5.41) is 0.656. The first-order valence-electron chi connectivity index (χ1n) is 8.69. The minimum absolute atomic E-state index is 0.190. The van der Waals surface area contributed by atoms with Gasteiger partial charge < -0.3 is 14.4 Å². The third-order valence-corrected chi connectivity index (χ3v) is 4.54. The Morgan fingerprint density at radius 1 is 1.11 bits per heavy atom. The van der Waals surface area contributed by atoms with E-state index in [4.69, 9.17) is 21.1 Å². The molecule has 0 aliphatic carbocycles. The second-order valence-corrected chi connectivity index (χ2v) is 6.94. The lowest BCUT2D eigenvalue weighted by Crippen LogP contribution is -2.31. The number of rotatable bonds is 7. The standard InChI is InChI=1S/C21H24ClNO4/c1-14(2)17-11-18(22)15(3)10-19(17)26-13-21(25)27-12-20(24)23(4)16-8-6-5-7-9-16/h5-11,14H,12-13H2,1-4H3. The van der Waals surface area contributed by atoms with E-state index in [1.807, 2.05) is 45.0 Å². The summed E-state index contributed by atoms with van der Waals surface area (Å²) in [5.41, 5.74) is 2.51. The van der Waals surface area contributed by atoms with Crippen molar-refractivity contribution in [3.8, 4) is 5.75 Å². The molecule has 0 bridgehead atoms. The lowest BCUT2D eigenvalue weighted by molar-refractivity contribution is -0.149. The van der Waals surface area contributed by atoms with Gasteiger partial charge in [0.1, 0.15) is 5.75 Å². The molecule has 144 valence electrons. The normalized spacial score (nSPS) is 10.6. The van der Waals surface area contributed by atoms with Crippen molar-refractivity contribution >= 4 is 29.2 Å². The predicted octanol–water partition coefficient (Wildman–Crippen LogP) is 4.36. The van der Waals surface area contributed by atoms with Crippen molar-refractivity contribution in [1.82, 2.24) is 0 Å². The third-order valence-electron chi connectivity index (χ3n) is 4.13. The SMILES string of the molecule is Cc1cc(OCC(=O)OCC(=O)N(C)c2ccccc2)c(C(C)C)cc1Cl. The number of halogens is 1. The van der Waals surface area contributed by atoms with Crippen LogP contribution in [0.15, 0.2) is 42.5 Å². The number of ether oxygens (including phenoxy) is 2. The number of nitrogens with zero attached hydrogens (tertiary/aromatic N) is 1. The molecule has 5 nitrogen and oxygen atoms in total. The zero-order valence-corrected chi connectivity index (χ0v) is 16.7. The van der Waals surface area contributed by atoms with Crippen LogP contribution in [-0.4, -0.2) is 32.1 Å². The van der Waals surface area contributed by atoms with Crippen LogP contribution in [0.3, 0.4) is 0 Å². The number of hydrogen-bond donors (Lipinski definition) is 0. The van der Waals surface area contributed by atoms with Gasteiger partial charge in [0.2, 0.25) is 0 Å². The molecule has 0 unspecified atom stereocenters. The van der Waals surface area contributed by atoms with Crippen molar-refractivity contribution in [2.75, 3.05) is 25.2 Å². The lowest BCUT2D eigenvalue weighted by Gasteiger charge is -2.18. The largest absolute Gasteiger partial charge is 0.482 e. The van der Waals surface area contributed by atoms with Gasteiger partial charge in [0.15, 0.2) is 13.2 Å². The maximum Gasteiger partial charge on any atom is 0.344 e. The monoisotopic (exact) mass is 389 g/mol. The zero-order valence-electron chi connectivity index (χ0n) is 16.0. The fraction of sp³-hybridized carbons (Fsp3) is 0.333. The molecule has 0 spiro atoms. The Bertz CT molecular complexity index is 805. The van der Waals surface area contributed by atoms with Crippen LogP contribution in [0, 0.1) is 6.92 Å². The van der Waals surface area contributed by atoms with Crippen LogP contribution < -0.4 is 9.64 Å². The summed E-state index contributed by atoms with van der Waals surface area (Å²) >= 11 is 6.17. The van der Waals surface area contributed by atoms with Gasteiger partial charge in [-0.1, -0.05) is 43.6 Å². The average Bonchev–Trinajstić information content (AvgIpc) is 2.66. The Kier molecular flexibility index (Phi) is 7.25. The highest BCUT2D eigenvalue weighted by Crippen LogP contribution is 2.32. The number of para-hydroxylation sites is 1. The molecule has 1 amide bonds. The van der Waals surface area contributed by atoms with Crippen molar-refractivity contribution in [3.05, 3.63) is 58.6 Å². The molecule has 0 radical (unpaired) electrons. The molecule has 0 aromatic heterocycles. The van der Waals surface area contributed by atoms with Gasteiger partial charge in [-0.3, -0.25) is 4.79 Å². The van der Waals surface area contributed by atoms with Gasteiger partial charge in [-0.2, -0.15) is 0 Å². The van der Waals surface area contributed by atoms with Crippen molar-refractivity contribution in [2.45, 2.75) is 26.7 Å². The van der Waals surface area contributed by atoms with E-state index in [0.717, 1.165) is 16.8 Å². The first-order valence-corrected chi connectivity index (χ1v) is 9.07. The summed E-state index contributed by atoms with van der Waals surface area (Å²) in [6, 6.07) is 12.8. The fourth-order valence-corrected chi connectivity index (χ4v) is 2.63. The van der Waals surface area contributed by atoms with Crippen molar-refractivity contribution in [3.63, 3.8) is 0 Å². The predicted molar refractivity (Wildman–Crippen MR) is 107 cm³/mol. The Balaban J connectivity index is 1.90. The molecular weight excluding hydrogens is 366 g/mol. The summed E-state index contributed by atoms with van der Waals surface area (Å²) in [6.45, 7) is 5.29. The molecular formula is C21H24ClNO4. The molecule has 0 aliphatic rings. The van der Waals surface area contributed by atoms with Gasteiger partial charge in [-0.05, 0) is 48.2 Å². The van der Waals surface area contributed by atoms with Crippen molar-refractivity contribution < 1.29 is 19.1 Å². The summed E-state index contributed by atoms with van der Waals surface area (Å²) in [4.78, 5) is 25.5. The highest BCUT2D eigenvalue weighted by Gasteiger charge is 2.16. The van der Waals surface area contributed by atoms with Crippen LogP contribution in [0.2, 0.25) is 5.02 Å². The number of likely N-dealkylation sites (N-methyl/N-ethyl adjacent to an activating group) is 1. The Morgan fingerprint density at radius 2 is 1.78 bits per heavy atom. The minimum atomic E-state index is -0.605. The highest BCUT2D eigenvalue weighted by molar-refractivity contribution is 6.31. The summed E-state index contributed by atoms with van der Waals surface area (Å²) < 4.78 is 10.7. The molecule has 2 aromatic carbocycles. The first-order chi connectivity index (χ1) is 12.8. The number of benzene rings is 2. The maximum atomic E-state index is 12.1. The zero-order chi connectivity index (χ0) is 20.0. The average molecular weight is 390 g/mol. The van der Waals surface area contributed by atoms with Crippen LogP contribution >= 0.6 is 11.6 Å². The second kappa shape index (κ2) is 9.42. The number of amides is 1. The molecule has 0 atom stereocenters. The second-order valence-electron chi connectivity index (χ2n) is 6.53. The van der Waals surface area contributed by atoms with E-state index in [-0.39, 0.29) is 25.0 Å². The first kappa shape index (κ1) is 20.8. The van der Waals surface area contributed by atoms with Crippen molar-refractivity contribution in [1.29, 1.82) is 0 Å². The summed E-state index contributed by atoms with van der Waals surface area (Å²) in [7, 11) is 1.63. The Labute approximate surface area is 164 Å². The highest BCUT2D eigenvalue weighted by atomic mass is 35.5. The lowest BCUT2D eigenvalue weighted by atomic mass is 10.0. The van der Waals surface area contributed by atoms with E-state index in [1.165, 1.54) is 4.90 Å². The van der Waals surface area contributed by atoms with Crippen LogP contribution in [0.4, 0.5) is 5.69 Å². The van der Waals surface area contributed by atoms with Crippen LogP contribution in [0.5, 0.6) is 5.75 Å². The van der Waals surface area contributed by atoms with E-state index in [0.29, 0.717) is 10.8 Å². The maximum absolute atomic E-state index is 12.1. The molecule has 0 fully saturated rings. The number of carbonyl (C=O) groups excluding carboxylic acids is 2.